The van der Waals surface area contributed by atoms with Gasteiger partial charge in [0.1, 0.15) is 12.1 Å². The Morgan fingerprint density at radius 1 is 1.23 bits per heavy atom. The van der Waals surface area contributed by atoms with E-state index in [0.29, 0.717) is 6.04 Å². The first-order chi connectivity index (χ1) is 10.8. The van der Waals surface area contributed by atoms with E-state index in [9.17, 15) is 0 Å². The number of piperazine rings is 1. The van der Waals surface area contributed by atoms with E-state index in [0.717, 1.165) is 55.9 Å². The van der Waals surface area contributed by atoms with Gasteiger partial charge >= 0.3 is 0 Å². The molecule has 5 heteroatoms. The van der Waals surface area contributed by atoms with Crippen LogP contribution in [0.4, 0.5) is 5.82 Å². The Morgan fingerprint density at radius 2 is 2.09 bits per heavy atom. The van der Waals surface area contributed by atoms with Crippen LogP contribution in [0.3, 0.4) is 0 Å². The molecule has 1 aromatic heterocycles. The van der Waals surface area contributed by atoms with Crippen molar-refractivity contribution in [1.29, 1.82) is 0 Å². The summed E-state index contributed by atoms with van der Waals surface area (Å²) in [6.45, 7) is 7.13. The van der Waals surface area contributed by atoms with Crippen molar-refractivity contribution in [2.75, 3.05) is 44.8 Å². The maximum atomic E-state index is 5.23. The molecule has 2 heterocycles. The molecule has 1 unspecified atom stereocenters. The van der Waals surface area contributed by atoms with Crippen LogP contribution in [-0.2, 0) is 4.74 Å². The average molecular weight is 300 g/mol. The molecular weight excluding hydrogens is 276 g/mol. The van der Waals surface area contributed by atoms with Gasteiger partial charge in [-0.05, 0) is 18.6 Å². The van der Waals surface area contributed by atoms with E-state index in [-0.39, 0.29) is 0 Å². The highest BCUT2D eigenvalue weighted by atomic mass is 16.5. The fraction of sp³-hybridized carbons (Fsp3) is 0.529. The van der Waals surface area contributed by atoms with Crippen molar-refractivity contribution in [3.05, 3.63) is 30.6 Å². The lowest BCUT2D eigenvalue weighted by atomic mass is 10.1. The van der Waals surface area contributed by atoms with Crippen molar-refractivity contribution in [3.63, 3.8) is 0 Å². The van der Waals surface area contributed by atoms with E-state index >= 15 is 0 Å². The van der Waals surface area contributed by atoms with Crippen LogP contribution in [0.1, 0.15) is 13.3 Å². The number of methoxy groups -OCH3 is 1. The normalized spacial score (nSPS) is 19.7. The fourth-order valence-electron chi connectivity index (χ4n) is 3.22. The van der Waals surface area contributed by atoms with Gasteiger partial charge < -0.3 is 9.64 Å². The Balaban J connectivity index is 1.81. The molecule has 1 saturated heterocycles. The lowest BCUT2D eigenvalue weighted by molar-refractivity contribution is 0.109. The standard InChI is InChI=1S/C17H24N4O/c1-3-14-12-21(9-8-20(14)10-11-22-2)17-15-6-4-5-7-16(15)18-13-19-17/h4-7,13-14H,3,8-12H2,1-2H3. The number of ether oxygens (including phenoxy) is 1. The molecule has 0 N–H and O–H groups in total. The van der Waals surface area contributed by atoms with Crippen LogP contribution >= 0.6 is 0 Å². The minimum Gasteiger partial charge on any atom is -0.383 e. The first kappa shape index (κ1) is 15.2. The van der Waals surface area contributed by atoms with Gasteiger partial charge in [0.05, 0.1) is 12.1 Å². The second-order valence-electron chi connectivity index (χ2n) is 5.75. The summed E-state index contributed by atoms with van der Waals surface area (Å²) in [5.74, 6) is 1.07. The Kier molecular flexibility index (Phi) is 4.85. The molecule has 118 valence electrons. The van der Waals surface area contributed by atoms with Crippen molar-refractivity contribution >= 4 is 16.7 Å². The van der Waals surface area contributed by atoms with Gasteiger partial charge in [0.25, 0.3) is 0 Å². The number of anilines is 1. The predicted molar refractivity (Wildman–Crippen MR) is 89.3 cm³/mol. The number of hydrogen-bond acceptors (Lipinski definition) is 5. The van der Waals surface area contributed by atoms with E-state index in [1.165, 1.54) is 0 Å². The maximum Gasteiger partial charge on any atom is 0.139 e. The summed E-state index contributed by atoms with van der Waals surface area (Å²) < 4.78 is 5.23. The number of fused-ring (bicyclic) bond motifs is 1. The zero-order chi connectivity index (χ0) is 15.4. The van der Waals surface area contributed by atoms with Gasteiger partial charge in [0.2, 0.25) is 0 Å². The maximum absolute atomic E-state index is 5.23. The first-order valence-electron chi connectivity index (χ1n) is 8.01. The predicted octanol–water partition coefficient (Wildman–Crippen LogP) is 2.18. The van der Waals surface area contributed by atoms with Crippen molar-refractivity contribution < 1.29 is 4.74 Å². The molecule has 1 aliphatic heterocycles. The second kappa shape index (κ2) is 7.03. The molecule has 1 atom stereocenters. The van der Waals surface area contributed by atoms with Crippen LogP contribution in [-0.4, -0.2) is 60.8 Å². The Hall–Kier alpha value is -1.72. The lowest BCUT2D eigenvalue weighted by Crippen LogP contribution is -2.54. The highest BCUT2D eigenvalue weighted by Gasteiger charge is 2.26. The van der Waals surface area contributed by atoms with Crippen LogP contribution in [0.5, 0.6) is 0 Å². The third kappa shape index (κ3) is 3.05. The highest BCUT2D eigenvalue weighted by molar-refractivity contribution is 5.89. The molecule has 0 saturated carbocycles. The van der Waals surface area contributed by atoms with E-state index in [2.05, 4.69) is 38.8 Å². The molecule has 0 radical (unpaired) electrons. The zero-order valence-corrected chi connectivity index (χ0v) is 13.4. The monoisotopic (exact) mass is 300 g/mol. The fourth-order valence-corrected chi connectivity index (χ4v) is 3.22. The van der Waals surface area contributed by atoms with E-state index < -0.39 is 0 Å². The zero-order valence-electron chi connectivity index (χ0n) is 13.4. The van der Waals surface area contributed by atoms with Crippen molar-refractivity contribution in [3.8, 4) is 0 Å². The molecule has 2 aromatic rings. The summed E-state index contributed by atoms with van der Waals surface area (Å²) in [4.78, 5) is 13.9. The average Bonchev–Trinajstić information content (AvgIpc) is 2.59. The molecule has 3 rings (SSSR count). The Labute approximate surface area is 131 Å². The number of hydrogen-bond donors (Lipinski definition) is 0. The summed E-state index contributed by atoms with van der Waals surface area (Å²) in [5, 5.41) is 1.14. The number of nitrogens with zero attached hydrogens (tertiary/aromatic N) is 4. The third-order valence-corrected chi connectivity index (χ3v) is 4.48. The molecule has 0 aliphatic carbocycles. The molecule has 1 aromatic carbocycles. The van der Waals surface area contributed by atoms with Crippen LogP contribution in [0.25, 0.3) is 10.9 Å². The van der Waals surface area contributed by atoms with E-state index in [1.807, 2.05) is 12.1 Å². The molecule has 0 spiro atoms. The van der Waals surface area contributed by atoms with Crippen LogP contribution in [0.15, 0.2) is 30.6 Å². The van der Waals surface area contributed by atoms with Crippen LogP contribution in [0.2, 0.25) is 0 Å². The van der Waals surface area contributed by atoms with Crippen LogP contribution in [0, 0.1) is 0 Å². The topological polar surface area (TPSA) is 41.5 Å². The minimum absolute atomic E-state index is 0.553. The smallest absolute Gasteiger partial charge is 0.139 e. The quantitative estimate of drug-likeness (QED) is 0.846. The van der Waals surface area contributed by atoms with Gasteiger partial charge in [0, 0.05) is 44.7 Å². The molecule has 0 amide bonds. The third-order valence-electron chi connectivity index (χ3n) is 4.48. The Morgan fingerprint density at radius 3 is 2.91 bits per heavy atom. The van der Waals surface area contributed by atoms with E-state index in [4.69, 9.17) is 4.74 Å². The van der Waals surface area contributed by atoms with Gasteiger partial charge in [-0.1, -0.05) is 19.1 Å². The summed E-state index contributed by atoms with van der Waals surface area (Å²) in [6.07, 6.45) is 2.82. The Bertz CT molecular complexity index is 613. The summed E-state index contributed by atoms with van der Waals surface area (Å²) in [5.41, 5.74) is 1.02. The van der Waals surface area contributed by atoms with Crippen molar-refractivity contribution in [2.45, 2.75) is 19.4 Å². The molecule has 1 fully saturated rings. The van der Waals surface area contributed by atoms with E-state index in [1.54, 1.807) is 13.4 Å². The summed E-state index contributed by atoms with van der Waals surface area (Å²) in [6, 6.07) is 8.80. The molecular formula is C17H24N4O. The van der Waals surface area contributed by atoms with Crippen molar-refractivity contribution in [2.24, 2.45) is 0 Å². The van der Waals surface area contributed by atoms with Gasteiger partial charge in [-0.15, -0.1) is 0 Å². The number of aromatic nitrogens is 2. The molecule has 5 nitrogen and oxygen atoms in total. The minimum atomic E-state index is 0.553. The van der Waals surface area contributed by atoms with Gasteiger partial charge in [0.15, 0.2) is 0 Å². The lowest BCUT2D eigenvalue weighted by Gasteiger charge is -2.41. The van der Waals surface area contributed by atoms with Gasteiger partial charge in [-0.25, -0.2) is 9.97 Å². The summed E-state index contributed by atoms with van der Waals surface area (Å²) in [7, 11) is 1.77. The second-order valence-corrected chi connectivity index (χ2v) is 5.75. The van der Waals surface area contributed by atoms with Gasteiger partial charge in [-0.3, -0.25) is 4.90 Å². The molecule has 22 heavy (non-hydrogen) atoms. The molecule has 1 aliphatic rings. The number of para-hydroxylation sites is 1. The number of benzene rings is 1. The first-order valence-corrected chi connectivity index (χ1v) is 8.01. The van der Waals surface area contributed by atoms with Crippen LogP contribution < -0.4 is 4.90 Å². The van der Waals surface area contributed by atoms with Gasteiger partial charge in [-0.2, -0.15) is 0 Å². The number of rotatable bonds is 5. The molecule has 0 bridgehead atoms. The summed E-state index contributed by atoms with van der Waals surface area (Å²) >= 11 is 0. The highest BCUT2D eigenvalue weighted by Crippen LogP contribution is 2.25. The largest absolute Gasteiger partial charge is 0.383 e. The van der Waals surface area contributed by atoms with Crippen molar-refractivity contribution in [1.82, 2.24) is 14.9 Å². The SMILES string of the molecule is CCC1CN(c2ncnc3ccccc23)CCN1CCOC.